The maximum atomic E-state index is 12.7. The Bertz CT molecular complexity index is 94.1. The van der Waals surface area contributed by atoms with Gasteiger partial charge in [-0.15, -0.1) is 0 Å². The lowest BCUT2D eigenvalue weighted by atomic mass is 10.1. The Morgan fingerprint density at radius 1 is 1.18 bits per heavy atom. The molecule has 0 spiro atoms. The van der Waals surface area contributed by atoms with E-state index in [0.717, 1.165) is 0 Å². The van der Waals surface area contributed by atoms with E-state index in [-0.39, 0.29) is 19.4 Å². The van der Waals surface area contributed by atoms with E-state index in [4.69, 9.17) is 4.74 Å². The summed E-state index contributed by atoms with van der Waals surface area (Å²) in [6, 6.07) is 0. The van der Waals surface area contributed by atoms with E-state index in [9.17, 15) is 8.78 Å². The average molecular weight is 166 g/mol. The predicted molar refractivity (Wildman–Crippen MR) is 41.0 cm³/mol. The van der Waals surface area contributed by atoms with E-state index < -0.39 is 5.92 Å². The van der Waals surface area contributed by atoms with Crippen molar-refractivity contribution in [3.8, 4) is 0 Å². The van der Waals surface area contributed by atoms with Crippen molar-refractivity contribution in [2.75, 3.05) is 13.2 Å². The van der Waals surface area contributed by atoms with Gasteiger partial charge in [0, 0.05) is 19.4 Å². The summed E-state index contributed by atoms with van der Waals surface area (Å²) in [6.07, 6.45) is 0.355. The second kappa shape index (κ2) is 5.47. The lowest BCUT2D eigenvalue weighted by Gasteiger charge is -2.14. The molecule has 0 aromatic rings. The fourth-order valence-corrected chi connectivity index (χ4v) is 0.857. The van der Waals surface area contributed by atoms with Crippen LogP contribution in [-0.4, -0.2) is 19.1 Å². The summed E-state index contributed by atoms with van der Waals surface area (Å²) >= 11 is 0. The fourth-order valence-electron chi connectivity index (χ4n) is 0.857. The zero-order chi connectivity index (χ0) is 8.74. The van der Waals surface area contributed by atoms with Crippen LogP contribution in [0.25, 0.3) is 0 Å². The molecule has 0 heterocycles. The summed E-state index contributed by atoms with van der Waals surface area (Å²) in [5, 5.41) is 0. The molecule has 0 bridgehead atoms. The summed E-state index contributed by atoms with van der Waals surface area (Å²) in [7, 11) is 0. The van der Waals surface area contributed by atoms with E-state index >= 15 is 0 Å². The van der Waals surface area contributed by atoms with Crippen LogP contribution in [0, 0.1) is 0 Å². The minimum Gasteiger partial charge on any atom is -0.382 e. The van der Waals surface area contributed by atoms with Crippen LogP contribution in [0.3, 0.4) is 0 Å². The van der Waals surface area contributed by atoms with E-state index in [1.165, 1.54) is 0 Å². The van der Waals surface area contributed by atoms with Crippen LogP contribution in [0.5, 0.6) is 0 Å². The van der Waals surface area contributed by atoms with E-state index in [1.54, 1.807) is 13.8 Å². The molecule has 0 saturated carbocycles. The Morgan fingerprint density at radius 3 is 2.27 bits per heavy atom. The number of ether oxygens (including phenoxy) is 1. The number of hydrogen-bond donors (Lipinski definition) is 0. The van der Waals surface area contributed by atoms with Crippen molar-refractivity contribution in [2.24, 2.45) is 0 Å². The van der Waals surface area contributed by atoms with E-state index in [2.05, 4.69) is 0 Å². The van der Waals surface area contributed by atoms with Crippen molar-refractivity contribution in [3.05, 3.63) is 0 Å². The Kier molecular flexibility index (Phi) is 5.38. The maximum Gasteiger partial charge on any atom is 0.250 e. The summed E-state index contributed by atoms with van der Waals surface area (Å²) in [6.45, 7) is 4.25. The number of rotatable bonds is 6. The van der Waals surface area contributed by atoms with Crippen LogP contribution < -0.4 is 0 Å². The van der Waals surface area contributed by atoms with Crippen LogP contribution >= 0.6 is 0 Å². The van der Waals surface area contributed by atoms with Gasteiger partial charge in [-0.1, -0.05) is 13.3 Å². The third kappa shape index (κ3) is 6.23. The standard InChI is InChI=1S/C8H16F2O/c1-3-5-8(9,10)6-7-11-4-2/h3-7H2,1-2H3. The molecule has 0 fully saturated rings. The molecular formula is C8H16F2O. The van der Waals surface area contributed by atoms with Crippen LogP contribution in [0.1, 0.15) is 33.1 Å². The minimum absolute atomic E-state index is 0.0277. The highest BCUT2D eigenvalue weighted by molar-refractivity contribution is 4.64. The lowest BCUT2D eigenvalue weighted by molar-refractivity contribution is -0.0389. The zero-order valence-electron chi connectivity index (χ0n) is 7.20. The smallest absolute Gasteiger partial charge is 0.250 e. The van der Waals surface area contributed by atoms with Crippen molar-refractivity contribution in [3.63, 3.8) is 0 Å². The Morgan fingerprint density at radius 2 is 1.82 bits per heavy atom. The molecule has 0 aliphatic rings. The molecule has 0 aliphatic carbocycles. The predicted octanol–water partition coefficient (Wildman–Crippen LogP) is 2.85. The first-order chi connectivity index (χ1) is 5.12. The molecule has 0 unspecified atom stereocenters. The summed E-state index contributed by atoms with van der Waals surface area (Å²) < 4.78 is 30.2. The Hall–Kier alpha value is -0.180. The van der Waals surface area contributed by atoms with Gasteiger partial charge in [0.15, 0.2) is 0 Å². The summed E-state index contributed by atoms with van der Waals surface area (Å²) in [5.41, 5.74) is 0. The normalized spacial score (nSPS) is 12.0. The molecule has 3 heteroatoms. The lowest BCUT2D eigenvalue weighted by Crippen LogP contribution is -2.18. The van der Waals surface area contributed by atoms with Gasteiger partial charge in [-0.3, -0.25) is 0 Å². The van der Waals surface area contributed by atoms with Gasteiger partial charge in [0.2, 0.25) is 5.92 Å². The highest BCUT2D eigenvalue weighted by atomic mass is 19.3. The van der Waals surface area contributed by atoms with Crippen LogP contribution in [0.4, 0.5) is 8.78 Å². The molecule has 0 amide bonds. The quantitative estimate of drug-likeness (QED) is 0.551. The van der Waals surface area contributed by atoms with Gasteiger partial charge in [0.1, 0.15) is 0 Å². The van der Waals surface area contributed by atoms with Gasteiger partial charge >= 0.3 is 0 Å². The minimum atomic E-state index is -2.52. The SMILES string of the molecule is CCCC(F)(F)CCOCC. The summed E-state index contributed by atoms with van der Waals surface area (Å²) in [5.74, 6) is -2.52. The van der Waals surface area contributed by atoms with Crippen molar-refractivity contribution in [2.45, 2.75) is 39.0 Å². The van der Waals surface area contributed by atoms with Crippen LogP contribution in [-0.2, 0) is 4.74 Å². The maximum absolute atomic E-state index is 12.7. The van der Waals surface area contributed by atoms with E-state index in [1.807, 2.05) is 0 Å². The molecule has 0 N–H and O–H groups in total. The molecule has 1 nitrogen and oxygen atoms in total. The molecule has 0 radical (unpaired) electrons. The number of alkyl halides is 2. The summed E-state index contributed by atoms with van der Waals surface area (Å²) in [4.78, 5) is 0. The van der Waals surface area contributed by atoms with Gasteiger partial charge in [-0.2, -0.15) is 0 Å². The second-order valence-corrected chi connectivity index (χ2v) is 2.55. The van der Waals surface area contributed by atoms with Crippen molar-refractivity contribution in [1.29, 1.82) is 0 Å². The largest absolute Gasteiger partial charge is 0.382 e. The Labute approximate surface area is 66.7 Å². The van der Waals surface area contributed by atoms with Crippen molar-refractivity contribution in [1.82, 2.24) is 0 Å². The number of hydrogen-bond acceptors (Lipinski definition) is 1. The first-order valence-corrected chi connectivity index (χ1v) is 4.08. The molecule has 0 aromatic carbocycles. The van der Waals surface area contributed by atoms with Crippen molar-refractivity contribution >= 4 is 0 Å². The second-order valence-electron chi connectivity index (χ2n) is 2.55. The van der Waals surface area contributed by atoms with Gasteiger partial charge in [0.25, 0.3) is 0 Å². The van der Waals surface area contributed by atoms with Crippen molar-refractivity contribution < 1.29 is 13.5 Å². The molecule has 0 saturated heterocycles. The van der Waals surface area contributed by atoms with Gasteiger partial charge in [-0.05, 0) is 6.92 Å². The Balaban J connectivity index is 3.38. The average Bonchev–Trinajstić information content (AvgIpc) is 1.87. The highest BCUT2D eigenvalue weighted by Crippen LogP contribution is 2.23. The topological polar surface area (TPSA) is 9.23 Å². The zero-order valence-corrected chi connectivity index (χ0v) is 7.20. The van der Waals surface area contributed by atoms with E-state index in [0.29, 0.717) is 13.0 Å². The molecule has 0 aliphatic heterocycles. The van der Waals surface area contributed by atoms with Crippen LogP contribution in [0.2, 0.25) is 0 Å². The molecule has 11 heavy (non-hydrogen) atoms. The first kappa shape index (κ1) is 10.8. The third-order valence-corrected chi connectivity index (χ3v) is 1.43. The van der Waals surface area contributed by atoms with Gasteiger partial charge < -0.3 is 4.74 Å². The molecule has 0 rings (SSSR count). The molecular weight excluding hydrogens is 150 g/mol. The van der Waals surface area contributed by atoms with Crippen LogP contribution in [0.15, 0.2) is 0 Å². The monoisotopic (exact) mass is 166 g/mol. The third-order valence-electron chi connectivity index (χ3n) is 1.43. The van der Waals surface area contributed by atoms with Gasteiger partial charge in [0.05, 0.1) is 6.61 Å². The molecule has 0 aromatic heterocycles. The van der Waals surface area contributed by atoms with Gasteiger partial charge in [-0.25, -0.2) is 8.78 Å². The molecule has 0 atom stereocenters. The highest BCUT2D eigenvalue weighted by Gasteiger charge is 2.26. The number of halogens is 2. The fraction of sp³-hybridized carbons (Fsp3) is 1.00. The first-order valence-electron chi connectivity index (χ1n) is 4.08. The molecule has 68 valence electrons.